The Kier molecular flexibility index (Phi) is 5.34. The zero-order valence-electron chi connectivity index (χ0n) is 11.1. The lowest BCUT2D eigenvalue weighted by atomic mass is 10.2. The Labute approximate surface area is 118 Å². The molecule has 7 heteroatoms. The van der Waals surface area contributed by atoms with Gasteiger partial charge in [-0.15, -0.1) is 0 Å². The van der Waals surface area contributed by atoms with Crippen molar-refractivity contribution in [2.24, 2.45) is 0 Å². The third kappa shape index (κ3) is 3.68. The fraction of sp³-hybridized carbons (Fsp3) is 0.417. The molecule has 5 nitrogen and oxygen atoms in total. The van der Waals surface area contributed by atoms with Crippen LogP contribution in [-0.4, -0.2) is 39.3 Å². The van der Waals surface area contributed by atoms with E-state index >= 15 is 0 Å². The molecule has 0 saturated carbocycles. The van der Waals surface area contributed by atoms with Crippen molar-refractivity contribution < 1.29 is 13.2 Å². The second-order valence-corrected chi connectivity index (χ2v) is 6.74. The lowest BCUT2D eigenvalue weighted by molar-refractivity contribution is 0.0953. The second-order valence-electron chi connectivity index (χ2n) is 4.18. The largest absolute Gasteiger partial charge is 0.352 e. The molecule has 0 aliphatic rings. The summed E-state index contributed by atoms with van der Waals surface area (Å²) in [5, 5.41) is 2.89. The van der Waals surface area contributed by atoms with E-state index in [1.165, 1.54) is 32.3 Å². The second kappa shape index (κ2) is 6.36. The zero-order chi connectivity index (χ0) is 14.6. The normalized spacial score (nSPS) is 11.6. The van der Waals surface area contributed by atoms with Crippen LogP contribution in [0.25, 0.3) is 0 Å². The predicted molar refractivity (Wildman–Crippen MR) is 74.9 cm³/mol. The van der Waals surface area contributed by atoms with Gasteiger partial charge >= 0.3 is 0 Å². The topological polar surface area (TPSA) is 66.5 Å². The molecule has 1 rings (SSSR count). The summed E-state index contributed by atoms with van der Waals surface area (Å²) >= 11 is 5.93. The average Bonchev–Trinajstić information content (AvgIpc) is 2.36. The van der Waals surface area contributed by atoms with E-state index in [4.69, 9.17) is 11.6 Å². The molecule has 1 aromatic carbocycles. The molecule has 1 aromatic rings. The number of amides is 1. The number of benzene rings is 1. The maximum atomic E-state index is 12.0. The summed E-state index contributed by atoms with van der Waals surface area (Å²) in [6.45, 7) is 2.44. The van der Waals surface area contributed by atoms with Crippen molar-refractivity contribution in [3.63, 3.8) is 0 Å². The Balaban J connectivity index is 3.18. The number of hydrogen-bond donors (Lipinski definition) is 1. The summed E-state index contributed by atoms with van der Waals surface area (Å²) in [5.41, 5.74) is 0.165. The first kappa shape index (κ1) is 15.9. The van der Waals surface area contributed by atoms with Crippen molar-refractivity contribution in [3.8, 4) is 0 Å². The Hall–Kier alpha value is -1.11. The van der Waals surface area contributed by atoms with Crippen LogP contribution in [0, 0.1) is 0 Å². The molecule has 0 heterocycles. The van der Waals surface area contributed by atoms with Crippen molar-refractivity contribution in [1.29, 1.82) is 0 Å². The SMILES string of the molecule is CCCNC(=O)c1cc(S(=O)(=O)N(C)C)ccc1Cl. The van der Waals surface area contributed by atoms with E-state index in [0.717, 1.165) is 10.7 Å². The van der Waals surface area contributed by atoms with Crippen LogP contribution in [0.5, 0.6) is 0 Å². The highest BCUT2D eigenvalue weighted by Gasteiger charge is 2.20. The van der Waals surface area contributed by atoms with Gasteiger partial charge in [0.25, 0.3) is 5.91 Å². The smallest absolute Gasteiger partial charge is 0.252 e. The molecule has 0 spiro atoms. The Morgan fingerprint density at radius 2 is 2.00 bits per heavy atom. The van der Waals surface area contributed by atoms with E-state index < -0.39 is 10.0 Å². The zero-order valence-corrected chi connectivity index (χ0v) is 12.7. The van der Waals surface area contributed by atoms with Gasteiger partial charge in [-0.1, -0.05) is 18.5 Å². The molecule has 0 unspecified atom stereocenters. The summed E-state index contributed by atoms with van der Waals surface area (Å²) in [6.07, 6.45) is 0.791. The number of sulfonamides is 1. The molecular formula is C12H17ClN2O3S. The number of carbonyl (C=O) groups is 1. The van der Waals surface area contributed by atoms with E-state index in [2.05, 4.69) is 5.32 Å². The van der Waals surface area contributed by atoms with E-state index in [-0.39, 0.29) is 21.4 Å². The van der Waals surface area contributed by atoms with E-state index in [1.54, 1.807) is 0 Å². The van der Waals surface area contributed by atoms with Crippen LogP contribution < -0.4 is 5.32 Å². The van der Waals surface area contributed by atoms with Crippen molar-refractivity contribution in [3.05, 3.63) is 28.8 Å². The van der Waals surface area contributed by atoms with E-state index in [9.17, 15) is 13.2 Å². The maximum absolute atomic E-state index is 12.0. The first-order valence-corrected chi connectivity index (χ1v) is 7.62. The Morgan fingerprint density at radius 1 is 1.37 bits per heavy atom. The number of nitrogens with zero attached hydrogens (tertiary/aromatic N) is 1. The number of nitrogens with one attached hydrogen (secondary N) is 1. The molecule has 106 valence electrons. The molecular weight excluding hydrogens is 288 g/mol. The lowest BCUT2D eigenvalue weighted by Gasteiger charge is -2.13. The summed E-state index contributed by atoms with van der Waals surface area (Å²) in [5.74, 6) is -0.373. The predicted octanol–water partition coefficient (Wildman–Crippen LogP) is 1.73. The average molecular weight is 305 g/mol. The molecule has 0 bridgehead atoms. The van der Waals surface area contributed by atoms with Crippen LogP contribution in [0.1, 0.15) is 23.7 Å². The van der Waals surface area contributed by atoms with Gasteiger partial charge in [0, 0.05) is 20.6 Å². The number of rotatable bonds is 5. The maximum Gasteiger partial charge on any atom is 0.252 e. The van der Waals surface area contributed by atoms with Gasteiger partial charge < -0.3 is 5.32 Å². The van der Waals surface area contributed by atoms with Gasteiger partial charge in [0.15, 0.2) is 0 Å². The minimum atomic E-state index is -3.58. The standard InChI is InChI=1S/C12H17ClN2O3S/c1-4-7-14-12(16)10-8-9(5-6-11(10)13)19(17,18)15(2)3/h5-6,8H,4,7H2,1-3H3,(H,14,16). The van der Waals surface area contributed by atoms with Crippen molar-refractivity contribution in [2.45, 2.75) is 18.2 Å². The summed E-state index contributed by atoms with van der Waals surface area (Å²) in [6, 6.07) is 4.09. The van der Waals surface area contributed by atoms with Crippen LogP contribution >= 0.6 is 11.6 Å². The highest BCUT2D eigenvalue weighted by Crippen LogP contribution is 2.22. The molecule has 0 aliphatic carbocycles. The van der Waals surface area contributed by atoms with Gasteiger partial charge in [0.2, 0.25) is 10.0 Å². The highest BCUT2D eigenvalue weighted by atomic mass is 35.5. The first-order valence-electron chi connectivity index (χ1n) is 5.81. The Morgan fingerprint density at radius 3 is 2.53 bits per heavy atom. The van der Waals surface area contributed by atoms with Crippen molar-refractivity contribution in [2.75, 3.05) is 20.6 Å². The molecule has 0 aromatic heterocycles. The molecule has 0 fully saturated rings. The van der Waals surface area contributed by atoms with Crippen LogP contribution in [0.15, 0.2) is 23.1 Å². The van der Waals surface area contributed by atoms with Gasteiger partial charge in [-0.3, -0.25) is 4.79 Å². The Bertz CT molecular complexity index is 570. The summed E-state index contributed by atoms with van der Waals surface area (Å²) in [4.78, 5) is 11.9. The van der Waals surface area contributed by atoms with Gasteiger partial charge in [-0.25, -0.2) is 12.7 Å². The molecule has 19 heavy (non-hydrogen) atoms. The van der Waals surface area contributed by atoms with Gasteiger partial charge in [0.05, 0.1) is 15.5 Å². The van der Waals surface area contributed by atoms with Crippen LogP contribution in [0.2, 0.25) is 5.02 Å². The molecule has 1 N–H and O–H groups in total. The number of hydrogen-bond acceptors (Lipinski definition) is 3. The summed E-state index contributed by atoms with van der Waals surface area (Å²) < 4.78 is 25.1. The van der Waals surface area contributed by atoms with Gasteiger partial charge in [-0.2, -0.15) is 0 Å². The molecule has 0 saturated heterocycles. The fourth-order valence-electron chi connectivity index (χ4n) is 1.38. The van der Waals surface area contributed by atoms with Crippen molar-refractivity contribution >= 4 is 27.5 Å². The lowest BCUT2D eigenvalue weighted by Crippen LogP contribution is -2.26. The quantitative estimate of drug-likeness (QED) is 0.901. The van der Waals surface area contributed by atoms with Gasteiger partial charge in [-0.05, 0) is 24.6 Å². The highest BCUT2D eigenvalue weighted by molar-refractivity contribution is 7.89. The summed E-state index contributed by atoms with van der Waals surface area (Å²) in [7, 11) is -0.713. The van der Waals surface area contributed by atoms with Crippen LogP contribution in [-0.2, 0) is 10.0 Å². The van der Waals surface area contributed by atoms with E-state index in [0.29, 0.717) is 6.54 Å². The minimum Gasteiger partial charge on any atom is -0.352 e. The molecule has 1 amide bonds. The molecule has 0 aliphatic heterocycles. The van der Waals surface area contributed by atoms with Gasteiger partial charge in [0.1, 0.15) is 0 Å². The monoisotopic (exact) mass is 304 g/mol. The third-order valence-electron chi connectivity index (χ3n) is 2.50. The number of carbonyl (C=O) groups excluding carboxylic acids is 1. The van der Waals surface area contributed by atoms with E-state index in [1.807, 2.05) is 6.92 Å². The van der Waals surface area contributed by atoms with Crippen LogP contribution in [0.4, 0.5) is 0 Å². The first-order chi connectivity index (χ1) is 8.80. The third-order valence-corrected chi connectivity index (χ3v) is 4.64. The van der Waals surface area contributed by atoms with Crippen molar-refractivity contribution in [1.82, 2.24) is 9.62 Å². The minimum absolute atomic E-state index is 0.0450. The van der Waals surface area contributed by atoms with Crippen LogP contribution in [0.3, 0.4) is 0 Å². The molecule has 0 atom stereocenters. The molecule has 0 radical (unpaired) electrons. The number of halogens is 1. The fourth-order valence-corrected chi connectivity index (χ4v) is 2.52.